The van der Waals surface area contributed by atoms with E-state index >= 15 is 0 Å². The Kier molecular flexibility index (Phi) is 7.29. The average molecular weight is 300 g/mol. The molecule has 1 aromatic carbocycles. The monoisotopic (exact) mass is 299 g/mol. The van der Waals surface area contributed by atoms with Gasteiger partial charge in [-0.25, -0.2) is 4.79 Å². The number of rotatable bonds is 3. The van der Waals surface area contributed by atoms with Crippen LogP contribution in [0.3, 0.4) is 0 Å². The van der Waals surface area contributed by atoms with Crippen LogP contribution in [-0.2, 0) is 11.3 Å². The first kappa shape index (κ1) is 18.4. The van der Waals surface area contributed by atoms with E-state index in [1.54, 1.807) is 6.07 Å². The van der Waals surface area contributed by atoms with Crippen molar-refractivity contribution < 1.29 is 14.7 Å². The fraction of sp³-hybridized carbons (Fsp3) is 0.467. The summed E-state index contributed by atoms with van der Waals surface area (Å²) in [7, 11) is 0. The summed E-state index contributed by atoms with van der Waals surface area (Å²) in [6.07, 6.45) is 0. The molecule has 0 saturated carbocycles. The number of carbonyl (C=O) groups is 2. The normalized spacial score (nSPS) is 10.3. The summed E-state index contributed by atoms with van der Waals surface area (Å²) in [6.45, 7) is 9.72. The number of hydrogen-bond acceptors (Lipinski definition) is 2. The molecule has 20 heavy (non-hydrogen) atoms. The van der Waals surface area contributed by atoms with Gasteiger partial charge in [0, 0.05) is 12.0 Å². The van der Waals surface area contributed by atoms with Crippen LogP contribution < -0.4 is 5.32 Å². The summed E-state index contributed by atoms with van der Waals surface area (Å²) < 4.78 is 0. The molecular formula is C15H22ClNO3. The first-order valence-electron chi connectivity index (χ1n) is 6.52. The number of nitrogens with one attached hydrogen (secondary N) is 1. The van der Waals surface area contributed by atoms with Gasteiger partial charge in [0.1, 0.15) is 0 Å². The summed E-state index contributed by atoms with van der Waals surface area (Å²) in [6, 6.07) is 4.68. The van der Waals surface area contributed by atoms with E-state index in [9.17, 15) is 9.59 Å². The van der Waals surface area contributed by atoms with E-state index in [-0.39, 0.29) is 23.0 Å². The van der Waals surface area contributed by atoms with Gasteiger partial charge in [0.25, 0.3) is 0 Å². The van der Waals surface area contributed by atoms with Crippen molar-refractivity contribution in [1.82, 2.24) is 5.32 Å². The molecule has 0 unspecified atom stereocenters. The zero-order valence-electron chi connectivity index (χ0n) is 12.6. The number of carboxylic acids is 1. The Morgan fingerprint density at radius 1 is 1.25 bits per heavy atom. The van der Waals surface area contributed by atoms with E-state index in [1.165, 1.54) is 12.1 Å². The lowest BCUT2D eigenvalue weighted by Crippen LogP contribution is -2.34. The molecule has 4 nitrogen and oxygen atoms in total. The zero-order valence-corrected chi connectivity index (χ0v) is 13.3. The number of hydrogen-bond donors (Lipinski definition) is 2. The van der Waals surface area contributed by atoms with Crippen LogP contribution in [-0.4, -0.2) is 17.0 Å². The minimum absolute atomic E-state index is 0.0409. The molecule has 1 rings (SSSR count). The topological polar surface area (TPSA) is 66.4 Å². The smallest absolute Gasteiger partial charge is 0.337 e. The Labute approximate surface area is 125 Å². The minimum Gasteiger partial charge on any atom is -0.478 e. The quantitative estimate of drug-likeness (QED) is 0.893. The number of amides is 1. The molecule has 0 aromatic heterocycles. The van der Waals surface area contributed by atoms with Crippen molar-refractivity contribution in [3.63, 3.8) is 0 Å². The standard InChI is InChI=1S/C13H16ClNO3.C2H6/c1-13(2,3)12(18)15-7-8-4-5-10(14)9(6-8)11(16)17;1-2/h4-6H,7H2,1-3H3,(H,15,18)(H,16,17);1-2H3. The fourth-order valence-corrected chi connectivity index (χ4v) is 1.49. The molecule has 112 valence electrons. The Hall–Kier alpha value is -1.55. The lowest BCUT2D eigenvalue weighted by Gasteiger charge is -2.17. The van der Waals surface area contributed by atoms with Crippen LogP contribution in [0.2, 0.25) is 5.02 Å². The van der Waals surface area contributed by atoms with Crippen LogP contribution in [0.1, 0.15) is 50.5 Å². The molecule has 2 N–H and O–H groups in total. The van der Waals surface area contributed by atoms with Gasteiger partial charge in [0.15, 0.2) is 0 Å². The third-order valence-electron chi connectivity index (χ3n) is 2.40. The van der Waals surface area contributed by atoms with Gasteiger partial charge in [-0.05, 0) is 17.7 Å². The van der Waals surface area contributed by atoms with E-state index in [2.05, 4.69) is 5.32 Å². The van der Waals surface area contributed by atoms with E-state index in [4.69, 9.17) is 16.7 Å². The SMILES string of the molecule is CC.CC(C)(C)C(=O)NCc1ccc(Cl)c(C(=O)O)c1. The van der Waals surface area contributed by atoms with E-state index in [0.29, 0.717) is 5.56 Å². The number of halogens is 1. The van der Waals surface area contributed by atoms with Crippen molar-refractivity contribution in [3.05, 3.63) is 34.3 Å². The summed E-state index contributed by atoms with van der Waals surface area (Å²) in [5.41, 5.74) is 0.274. The van der Waals surface area contributed by atoms with Crippen molar-refractivity contribution in [2.45, 2.75) is 41.2 Å². The van der Waals surface area contributed by atoms with Gasteiger partial charge in [-0.15, -0.1) is 0 Å². The van der Waals surface area contributed by atoms with E-state index in [1.807, 2.05) is 34.6 Å². The summed E-state index contributed by atoms with van der Waals surface area (Å²) >= 11 is 5.76. The second-order valence-corrected chi connectivity index (χ2v) is 5.46. The molecule has 0 saturated heterocycles. The van der Waals surface area contributed by atoms with Crippen LogP contribution >= 0.6 is 11.6 Å². The number of carbonyl (C=O) groups excluding carboxylic acids is 1. The van der Waals surface area contributed by atoms with Crippen LogP contribution in [0.5, 0.6) is 0 Å². The molecule has 0 atom stereocenters. The molecular weight excluding hydrogens is 278 g/mol. The molecule has 0 radical (unpaired) electrons. The molecule has 1 aromatic rings. The van der Waals surface area contributed by atoms with Gasteiger partial charge in [-0.3, -0.25) is 4.79 Å². The Balaban J connectivity index is 0.00000172. The Morgan fingerprint density at radius 2 is 1.80 bits per heavy atom. The largest absolute Gasteiger partial charge is 0.478 e. The number of carboxylic acid groups (broad SMARTS) is 1. The molecule has 0 aliphatic carbocycles. The highest BCUT2D eigenvalue weighted by Gasteiger charge is 2.20. The van der Waals surface area contributed by atoms with E-state index in [0.717, 1.165) is 0 Å². The molecule has 0 aliphatic heterocycles. The summed E-state index contributed by atoms with van der Waals surface area (Å²) in [5.74, 6) is -1.17. The van der Waals surface area contributed by atoms with Crippen LogP contribution in [0.25, 0.3) is 0 Å². The molecule has 0 aliphatic rings. The highest BCUT2D eigenvalue weighted by Crippen LogP contribution is 2.18. The van der Waals surface area contributed by atoms with Gasteiger partial charge in [-0.1, -0.05) is 52.3 Å². The fourth-order valence-electron chi connectivity index (χ4n) is 1.29. The minimum atomic E-state index is -1.08. The van der Waals surface area contributed by atoms with E-state index < -0.39 is 11.4 Å². The lowest BCUT2D eigenvalue weighted by atomic mass is 9.95. The second kappa shape index (κ2) is 7.90. The van der Waals surface area contributed by atoms with Gasteiger partial charge < -0.3 is 10.4 Å². The van der Waals surface area contributed by atoms with Crippen LogP contribution in [0, 0.1) is 5.41 Å². The van der Waals surface area contributed by atoms with Gasteiger partial charge in [-0.2, -0.15) is 0 Å². The molecule has 0 spiro atoms. The third-order valence-corrected chi connectivity index (χ3v) is 2.73. The lowest BCUT2D eigenvalue weighted by molar-refractivity contribution is -0.128. The van der Waals surface area contributed by atoms with Crippen molar-refractivity contribution in [2.24, 2.45) is 5.41 Å². The highest BCUT2D eigenvalue weighted by molar-refractivity contribution is 6.33. The first-order valence-corrected chi connectivity index (χ1v) is 6.89. The Morgan fingerprint density at radius 3 is 2.25 bits per heavy atom. The van der Waals surface area contributed by atoms with Gasteiger partial charge in [0.2, 0.25) is 5.91 Å². The maximum Gasteiger partial charge on any atom is 0.337 e. The third kappa shape index (κ3) is 5.61. The van der Waals surface area contributed by atoms with Crippen molar-refractivity contribution >= 4 is 23.5 Å². The van der Waals surface area contributed by atoms with Crippen molar-refractivity contribution in [1.29, 1.82) is 0 Å². The molecule has 1 amide bonds. The zero-order chi connectivity index (χ0) is 15.9. The molecule has 0 bridgehead atoms. The van der Waals surface area contributed by atoms with Crippen LogP contribution in [0.15, 0.2) is 18.2 Å². The predicted octanol–water partition coefficient (Wildman–Crippen LogP) is 3.73. The maximum atomic E-state index is 11.7. The highest BCUT2D eigenvalue weighted by atomic mass is 35.5. The summed E-state index contributed by atoms with van der Waals surface area (Å²) in [5, 5.41) is 11.9. The first-order chi connectivity index (χ1) is 9.21. The Bertz CT molecular complexity index is 478. The maximum absolute atomic E-state index is 11.7. The molecule has 5 heteroatoms. The predicted molar refractivity (Wildman–Crippen MR) is 81.1 cm³/mol. The van der Waals surface area contributed by atoms with Crippen molar-refractivity contribution in [3.8, 4) is 0 Å². The van der Waals surface area contributed by atoms with Gasteiger partial charge >= 0.3 is 5.97 Å². The second-order valence-electron chi connectivity index (χ2n) is 5.05. The van der Waals surface area contributed by atoms with Crippen molar-refractivity contribution in [2.75, 3.05) is 0 Å². The average Bonchev–Trinajstić information content (AvgIpc) is 2.38. The summed E-state index contributed by atoms with van der Waals surface area (Å²) in [4.78, 5) is 22.6. The number of benzene rings is 1. The van der Waals surface area contributed by atoms with Crippen LogP contribution in [0.4, 0.5) is 0 Å². The number of aromatic carboxylic acids is 1. The molecule has 0 fully saturated rings. The van der Waals surface area contributed by atoms with Gasteiger partial charge in [0.05, 0.1) is 10.6 Å². The molecule has 0 heterocycles.